The molecule has 0 radical (unpaired) electrons. The van der Waals surface area contributed by atoms with Gasteiger partial charge in [0.1, 0.15) is 0 Å². The van der Waals surface area contributed by atoms with Crippen LogP contribution in [0, 0.1) is 3.57 Å². The first kappa shape index (κ1) is 13.6. The maximum Gasteiger partial charge on any atom is 0.235 e. The van der Waals surface area contributed by atoms with E-state index in [1.807, 2.05) is 54.6 Å². The van der Waals surface area contributed by atoms with Gasteiger partial charge >= 0.3 is 0 Å². The van der Waals surface area contributed by atoms with Gasteiger partial charge in [-0.25, -0.2) is 0 Å². The molecule has 0 saturated heterocycles. The van der Waals surface area contributed by atoms with Gasteiger partial charge in [0, 0.05) is 20.7 Å². The fourth-order valence-corrected chi connectivity index (χ4v) is 2.92. The fraction of sp³-hybridized carbons (Fsp3) is 0.0625. The lowest BCUT2D eigenvalue weighted by Crippen LogP contribution is -2.23. The van der Waals surface area contributed by atoms with Crippen molar-refractivity contribution in [2.75, 3.05) is 4.90 Å². The topological polar surface area (TPSA) is 20.3 Å². The number of carbonyl (C=O) groups is 1. The molecule has 0 N–H and O–H groups in total. The van der Waals surface area contributed by atoms with E-state index in [-0.39, 0.29) is 5.91 Å². The zero-order valence-electron chi connectivity index (χ0n) is 10.5. The van der Waals surface area contributed by atoms with Crippen molar-refractivity contribution in [2.24, 2.45) is 0 Å². The molecule has 0 spiro atoms. The molecule has 1 aliphatic heterocycles. The molecule has 2 nitrogen and oxygen atoms in total. The van der Waals surface area contributed by atoms with Gasteiger partial charge in [-0.3, -0.25) is 9.69 Å². The van der Waals surface area contributed by atoms with Crippen LogP contribution in [0.5, 0.6) is 0 Å². The first-order valence-corrected chi connectivity index (χ1v) is 7.65. The lowest BCUT2D eigenvalue weighted by atomic mass is 10.1. The van der Waals surface area contributed by atoms with E-state index in [2.05, 4.69) is 22.6 Å². The lowest BCUT2D eigenvalue weighted by Gasteiger charge is -2.21. The van der Waals surface area contributed by atoms with Gasteiger partial charge in [-0.2, -0.15) is 0 Å². The average molecular weight is 396 g/mol. The van der Waals surface area contributed by atoms with Gasteiger partial charge in [0.25, 0.3) is 0 Å². The molecule has 20 heavy (non-hydrogen) atoms. The monoisotopic (exact) mass is 395 g/mol. The molecule has 4 heteroatoms. The van der Waals surface area contributed by atoms with Crippen molar-refractivity contribution in [3.63, 3.8) is 0 Å². The van der Waals surface area contributed by atoms with Crippen LogP contribution < -0.4 is 4.90 Å². The number of halogens is 2. The standard InChI is InChI=1S/C16H11ClINO/c17-12-6-4-11(5-7-12)15-8-9-16(20)19(15)14-3-1-2-13(18)10-14/h1-8,10H,9H2. The van der Waals surface area contributed by atoms with Gasteiger partial charge < -0.3 is 0 Å². The molecule has 0 bridgehead atoms. The molecule has 2 aromatic carbocycles. The summed E-state index contributed by atoms with van der Waals surface area (Å²) in [4.78, 5) is 14.0. The third-order valence-corrected chi connectivity index (χ3v) is 4.09. The second kappa shape index (κ2) is 5.58. The summed E-state index contributed by atoms with van der Waals surface area (Å²) in [6.07, 6.45) is 2.40. The number of carbonyl (C=O) groups excluding carboxylic acids is 1. The van der Waals surface area contributed by atoms with Crippen molar-refractivity contribution in [3.05, 3.63) is 68.8 Å². The van der Waals surface area contributed by atoms with Gasteiger partial charge in [0.2, 0.25) is 5.91 Å². The maximum atomic E-state index is 12.2. The van der Waals surface area contributed by atoms with Crippen molar-refractivity contribution in [1.82, 2.24) is 0 Å². The minimum absolute atomic E-state index is 0.0944. The molecule has 1 aliphatic rings. The first-order valence-electron chi connectivity index (χ1n) is 6.20. The van der Waals surface area contributed by atoms with Crippen molar-refractivity contribution in [2.45, 2.75) is 6.42 Å². The maximum absolute atomic E-state index is 12.2. The molecule has 0 aliphatic carbocycles. The number of anilines is 1. The highest BCUT2D eigenvalue weighted by molar-refractivity contribution is 14.1. The van der Waals surface area contributed by atoms with Gasteiger partial charge in [-0.1, -0.05) is 35.9 Å². The van der Waals surface area contributed by atoms with Crippen molar-refractivity contribution < 1.29 is 4.79 Å². The summed E-state index contributed by atoms with van der Waals surface area (Å²) >= 11 is 8.17. The highest BCUT2D eigenvalue weighted by Gasteiger charge is 2.26. The molecule has 1 heterocycles. The van der Waals surface area contributed by atoms with Crippen LogP contribution in [0.25, 0.3) is 5.70 Å². The summed E-state index contributed by atoms with van der Waals surface area (Å²) in [7, 11) is 0. The van der Waals surface area contributed by atoms with Gasteiger partial charge in [0.15, 0.2) is 0 Å². The Kier molecular flexibility index (Phi) is 3.81. The summed E-state index contributed by atoms with van der Waals surface area (Å²) < 4.78 is 1.11. The molecular weight excluding hydrogens is 385 g/mol. The number of rotatable bonds is 2. The number of amides is 1. The van der Waals surface area contributed by atoms with Crippen molar-refractivity contribution in [1.29, 1.82) is 0 Å². The van der Waals surface area contributed by atoms with Crippen LogP contribution in [0.2, 0.25) is 5.02 Å². The van der Waals surface area contributed by atoms with Gasteiger partial charge in [-0.05, 0) is 58.5 Å². The smallest absolute Gasteiger partial charge is 0.235 e. The molecule has 1 amide bonds. The Morgan fingerprint density at radius 1 is 1.10 bits per heavy atom. The molecule has 0 unspecified atom stereocenters. The summed E-state index contributed by atoms with van der Waals surface area (Å²) in [5.74, 6) is 0.0944. The summed E-state index contributed by atoms with van der Waals surface area (Å²) in [6.45, 7) is 0. The third kappa shape index (κ3) is 2.60. The van der Waals surface area contributed by atoms with E-state index < -0.39 is 0 Å². The first-order chi connectivity index (χ1) is 9.65. The molecular formula is C16H11ClINO. The Labute approximate surface area is 136 Å². The predicted octanol–water partition coefficient (Wildman–Crippen LogP) is 4.72. The normalized spacial score (nSPS) is 14.6. The van der Waals surface area contributed by atoms with Crippen LogP contribution >= 0.6 is 34.2 Å². The number of hydrogen-bond acceptors (Lipinski definition) is 1. The molecule has 100 valence electrons. The Morgan fingerprint density at radius 3 is 2.55 bits per heavy atom. The Balaban J connectivity index is 2.02. The van der Waals surface area contributed by atoms with Crippen LogP contribution in [-0.4, -0.2) is 5.91 Å². The van der Waals surface area contributed by atoms with Gasteiger partial charge in [-0.15, -0.1) is 0 Å². The number of benzene rings is 2. The number of hydrogen-bond donors (Lipinski definition) is 0. The number of nitrogens with zero attached hydrogens (tertiary/aromatic N) is 1. The van der Waals surface area contributed by atoms with E-state index in [9.17, 15) is 4.79 Å². The average Bonchev–Trinajstić information content (AvgIpc) is 2.81. The molecule has 0 atom stereocenters. The minimum Gasteiger partial charge on any atom is -0.280 e. The van der Waals surface area contributed by atoms with Crippen molar-refractivity contribution in [3.8, 4) is 0 Å². The highest BCUT2D eigenvalue weighted by Crippen LogP contribution is 2.33. The van der Waals surface area contributed by atoms with E-state index >= 15 is 0 Å². The summed E-state index contributed by atoms with van der Waals surface area (Å²) in [5, 5.41) is 0.694. The molecule has 3 rings (SSSR count). The quantitative estimate of drug-likeness (QED) is 0.674. The summed E-state index contributed by atoms with van der Waals surface area (Å²) in [6, 6.07) is 15.5. The lowest BCUT2D eigenvalue weighted by molar-refractivity contribution is -0.116. The Bertz CT molecular complexity index is 694. The Hall–Kier alpha value is -1.33. The third-order valence-electron chi connectivity index (χ3n) is 3.17. The van der Waals surface area contributed by atoms with Gasteiger partial charge in [0.05, 0.1) is 5.70 Å². The minimum atomic E-state index is 0.0944. The zero-order valence-corrected chi connectivity index (χ0v) is 13.4. The molecule has 0 aromatic heterocycles. The van der Waals surface area contributed by atoms with Crippen LogP contribution in [0.15, 0.2) is 54.6 Å². The molecule has 0 saturated carbocycles. The second-order valence-electron chi connectivity index (χ2n) is 4.51. The van der Waals surface area contributed by atoms with E-state index in [1.54, 1.807) is 4.90 Å². The highest BCUT2D eigenvalue weighted by atomic mass is 127. The molecule has 0 fully saturated rings. The van der Waals surface area contributed by atoms with Crippen LogP contribution in [0.4, 0.5) is 5.69 Å². The SMILES string of the molecule is O=C1CC=C(c2ccc(Cl)cc2)N1c1cccc(I)c1. The van der Waals surface area contributed by atoms with Crippen LogP contribution in [-0.2, 0) is 4.79 Å². The molecule has 2 aromatic rings. The summed E-state index contributed by atoms with van der Waals surface area (Å²) in [5.41, 5.74) is 2.83. The van der Waals surface area contributed by atoms with E-state index in [0.717, 1.165) is 20.5 Å². The van der Waals surface area contributed by atoms with E-state index in [0.29, 0.717) is 11.4 Å². The van der Waals surface area contributed by atoms with Crippen molar-refractivity contribution >= 4 is 51.5 Å². The van der Waals surface area contributed by atoms with Crippen LogP contribution in [0.1, 0.15) is 12.0 Å². The second-order valence-corrected chi connectivity index (χ2v) is 6.19. The van der Waals surface area contributed by atoms with E-state index in [4.69, 9.17) is 11.6 Å². The Morgan fingerprint density at radius 2 is 1.85 bits per heavy atom. The fourth-order valence-electron chi connectivity index (χ4n) is 2.27. The zero-order chi connectivity index (χ0) is 14.1. The van der Waals surface area contributed by atoms with E-state index in [1.165, 1.54) is 0 Å². The van der Waals surface area contributed by atoms with Crippen LogP contribution in [0.3, 0.4) is 0 Å². The largest absolute Gasteiger partial charge is 0.280 e. The predicted molar refractivity (Wildman–Crippen MR) is 90.7 cm³/mol.